The van der Waals surface area contributed by atoms with Gasteiger partial charge in [-0.1, -0.05) is 31.5 Å². The van der Waals surface area contributed by atoms with Crippen molar-refractivity contribution in [2.45, 2.75) is 38.7 Å². The summed E-state index contributed by atoms with van der Waals surface area (Å²) >= 11 is 5.93. The fourth-order valence-electron chi connectivity index (χ4n) is 1.36. The first-order valence-corrected chi connectivity index (χ1v) is 6.47. The third-order valence-corrected chi connectivity index (χ3v) is 2.78. The quantitative estimate of drug-likeness (QED) is 0.848. The molecule has 0 saturated heterocycles. The van der Waals surface area contributed by atoms with Gasteiger partial charge < -0.3 is 15.2 Å². The van der Waals surface area contributed by atoms with E-state index < -0.39 is 18.9 Å². The minimum Gasteiger partial charge on any atom is -0.489 e. The van der Waals surface area contributed by atoms with E-state index in [4.69, 9.17) is 21.4 Å². The molecule has 0 aromatic heterocycles. The number of nitrogens with one attached hydrogen (secondary N) is 1. The molecule has 0 aliphatic rings. The molecule has 1 rings (SSSR count). The number of ether oxygens (including phenoxy) is 1. The Morgan fingerprint density at radius 1 is 1.35 bits per heavy atom. The number of alkyl halides is 3. The van der Waals surface area contributed by atoms with Gasteiger partial charge in [-0.3, -0.25) is 0 Å². The first kappa shape index (κ1) is 17.1. The fraction of sp³-hybridized carbons (Fsp3) is 0.538. The third kappa shape index (κ3) is 5.56. The number of benzene rings is 1. The van der Waals surface area contributed by atoms with Crippen molar-refractivity contribution in [1.82, 2.24) is 5.32 Å². The highest BCUT2D eigenvalue weighted by molar-refractivity contribution is 6.32. The lowest BCUT2D eigenvalue weighted by Crippen LogP contribution is -2.34. The minimum absolute atomic E-state index is 0.114. The van der Waals surface area contributed by atoms with E-state index in [0.29, 0.717) is 12.6 Å². The van der Waals surface area contributed by atoms with Crippen molar-refractivity contribution in [3.8, 4) is 5.75 Å². The van der Waals surface area contributed by atoms with Gasteiger partial charge in [0.2, 0.25) is 0 Å². The van der Waals surface area contributed by atoms with Crippen molar-refractivity contribution in [3.63, 3.8) is 0 Å². The lowest BCUT2D eigenvalue weighted by atomic mass is 10.2. The molecule has 0 radical (unpaired) electrons. The fourth-order valence-corrected chi connectivity index (χ4v) is 1.61. The Morgan fingerprint density at radius 3 is 2.50 bits per heavy atom. The largest absolute Gasteiger partial charge is 0.489 e. The molecule has 3 nitrogen and oxygen atoms in total. The summed E-state index contributed by atoms with van der Waals surface area (Å²) < 4.78 is 41.2. The average molecular weight is 312 g/mol. The van der Waals surface area contributed by atoms with Gasteiger partial charge in [0, 0.05) is 12.6 Å². The minimum atomic E-state index is -4.70. The van der Waals surface area contributed by atoms with Crippen LogP contribution in [0.5, 0.6) is 5.75 Å². The van der Waals surface area contributed by atoms with Crippen LogP contribution in [0.4, 0.5) is 13.2 Å². The highest BCUT2D eigenvalue weighted by Crippen LogP contribution is 2.27. The lowest BCUT2D eigenvalue weighted by Gasteiger charge is -2.16. The van der Waals surface area contributed by atoms with Crippen LogP contribution in [-0.4, -0.2) is 30.0 Å². The Kier molecular flexibility index (Phi) is 6.10. The second-order valence-corrected chi connectivity index (χ2v) is 5.08. The molecule has 7 heteroatoms. The average Bonchev–Trinajstić information content (AvgIpc) is 2.33. The van der Waals surface area contributed by atoms with Crippen molar-refractivity contribution in [2.75, 3.05) is 6.61 Å². The zero-order valence-corrected chi connectivity index (χ0v) is 11.9. The van der Waals surface area contributed by atoms with E-state index >= 15 is 0 Å². The first-order chi connectivity index (χ1) is 9.20. The summed E-state index contributed by atoms with van der Waals surface area (Å²) in [6.07, 6.45) is -7.23. The summed E-state index contributed by atoms with van der Waals surface area (Å²) in [7, 11) is 0. The van der Waals surface area contributed by atoms with Crippen molar-refractivity contribution >= 4 is 11.6 Å². The SMILES string of the molecule is CC(C)NCc1ccc(OCC(O)C(F)(F)F)c(Cl)c1. The summed E-state index contributed by atoms with van der Waals surface area (Å²) in [4.78, 5) is 0. The maximum absolute atomic E-state index is 12.1. The topological polar surface area (TPSA) is 41.5 Å². The molecule has 0 heterocycles. The molecule has 0 aliphatic carbocycles. The van der Waals surface area contributed by atoms with E-state index in [9.17, 15) is 13.2 Å². The second kappa shape index (κ2) is 7.15. The van der Waals surface area contributed by atoms with E-state index in [1.807, 2.05) is 13.8 Å². The molecule has 1 aromatic rings. The van der Waals surface area contributed by atoms with Gasteiger partial charge in [-0.25, -0.2) is 0 Å². The van der Waals surface area contributed by atoms with E-state index in [0.717, 1.165) is 5.56 Å². The molecular weight excluding hydrogens is 295 g/mol. The molecule has 2 N–H and O–H groups in total. The number of hydrogen-bond acceptors (Lipinski definition) is 3. The van der Waals surface area contributed by atoms with Gasteiger partial charge in [0.05, 0.1) is 5.02 Å². The molecule has 0 amide bonds. The van der Waals surface area contributed by atoms with Crippen LogP contribution < -0.4 is 10.1 Å². The molecule has 0 spiro atoms. The van der Waals surface area contributed by atoms with E-state index in [-0.39, 0.29) is 10.8 Å². The Bertz CT molecular complexity index is 438. The molecule has 0 aliphatic heterocycles. The van der Waals surface area contributed by atoms with Gasteiger partial charge in [-0.05, 0) is 17.7 Å². The molecule has 0 saturated carbocycles. The molecule has 1 aromatic carbocycles. The summed E-state index contributed by atoms with van der Waals surface area (Å²) in [5, 5.41) is 12.2. The standard InChI is InChI=1S/C13H17ClF3NO2/c1-8(2)18-6-9-3-4-11(10(14)5-9)20-7-12(19)13(15,16)17/h3-5,8,12,18-19H,6-7H2,1-2H3. The van der Waals surface area contributed by atoms with Crippen LogP contribution in [0.2, 0.25) is 5.02 Å². The number of rotatable bonds is 6. The number of aliphatic hydroxyl groups excluding tert-OH is 1. The number of hydrogen-bond donors (Lipinski definition) is 2. The molecule has 1 unspecified atom stereocenters. The number of aliphatic hydroxyl groups is 1. The van der Waals surface area contributed by atoms with Gasteiger partial charge in [-0.2, -0.15) is 13.2 Å². The molecule has 1 atom stereocenters. The van der Waals surface area contributed by atoms with Crippen LogP contribution in [0.25, 0.3) is 0 Å². The first-order valence-electron chi connectivity index (χ1n) is 6.09. The second-order valence-electron chi connectivity index (χ2n) is 4.67. The number of halogens is 4. The maximum Gasteiger partial charge on any atom is 0.417 e. The van der Waals surface area contributed by atoms with Crippen molar-refractivity contribution < 1.29 is 23.0 Å². The van der Waals surface area contributed by atoms with Crippen LogP contribution in [-0.2, 0) is 6.54 Å². The predicted octanol–water partition coefficient (Wildman–Crippen LogP) is 3.14. The van der Waals surface area contributed by atoms with Crippen molar-refractivity contribution in [3.05, 3.63) is 28.8 Å². The van der Waals surface area contributed by atoms with E-state index in [2.05, 4.69) is 5.32 Å². The highest BCUT2D eigenvalue weighted by atomic mass is 35.5. The predicted molar refractivity (Wildman–Crippen MR) is 71.0 cm³/mol. The molecular formula is C13H17ClF3NO2. The summed E-state index contributed by atoms with van der Waals surface area (Å²) in [6, 6.07) is 5.12. The highest BCUT2D eigenvalue weighted by Gasteiger charge is 2.38. The molecule has 20 heavy (non-hydrogen) atoms. The van der Waals surface area contributed by atoms with E-state index in [1.165, 1.54) is 6.07 Å². The Balaban J connectivity index is 2.60. The van der Waals surface area contributed by atoms with Crippen LogP contribution >= 0.6 is 11.6 Å². The zero-order valence-electron chi connectivity index (χ0n) is 11.2. The summed E-state index contributed by atoms with van der Waals surface area (Å²) in [5.74, 6) is 0.114. The van der Waals surface area contributed by atoms with Crippen molar-refractivity contribution in [2.24, 2.45) is 0 Å². The smallest absolute Gasteiger partial charge is 0.417 e. The summed E-state index contributed by atoms with van der Waals surface area (Å²) in [6.45, 7) is 3.71. The van der Waals surface area contributed by atoms with Gasteiger partial charge in [0.15, 0.2) is 6.10 Å². The van der Waals surface area contributed by atoms with E-state index in [1.54, 1.807) is 12.1 Å². The Morgan fingerprint density at radius 2 is 2.00 bits per heavy atom. The van der Waals surface area contributed by atoms with Crippen LogP contribution in [0, 0.1) is 0 Å². The molecule has 0 bridgehead atoms. The van der Waals surface area contributed by atoms with Gasteiger partial charge in [0.25, 0.3) is 0 Å². The van der Waals surface area contributed by atoms with Gasteiger partial charge >= 0.3 is 6.18 Å². The van der Waals surface area contributed by atoms with Crippen LogP contribution in [0.15, 0.2) is 18.2 Å². The maximum atomic E-state index is 12.1. The van der Waals surface area contributed by atoms with Gasteiger partial charge in [-0.15, -0.1) is 0 Å². The van der Waals surface area contributed by atoms with Crippen LogP contribution in [0.3, 0.4) is 0 Å². The molecule has 114 valence electrons. The van der Waals surface area contributed by atoms with Gasteiger partial charge in [0.1, 0.15) is 12.4 Å². The third-order valence-electron chi connectivity index (χ3n) is 2.49. The Labute approximate surface area is 120 Å². The monoisotopic (exact) mass is 311 g/mol. The Hall–Kier alpha value is -0.980. The lowest BCUT2D eigenvalue weighted by molar-refractivity contribution is -0.210. The van der Waals surface area contributed by atoms with Crippen LogP contribution in [0.1, 0.15) is 19.4 Å². The van der Waals surface area contributed by atoms with Crippen molar-refractivity contribution in [1.29, 1.82) is 0 Å². The molecule has 0 fully saturated rings. The normalized spacial score (nSPS) is 13.6. The zero-order chi connectivity index (χ0) is 15.3. The summed E-state index contributed by atoms with van der Waals surface area (Å²) in [5.41, 5.74) is 0.896.